The van der Waals surface area contributed by atoms with Gasteiger partial charge in [-0.05, 0) is 0 Å². The van der Waals surface area contributed by atoms with Gasteiger partial charge < -0.3 is 25.1 Å². The summed E-state index contributed by atoms with van der Waals surface area (Å²) in [6.07, 6.45) is 0. The van der Waals surface area contributed by atoms with E-state index in [1.165, 1.54) is 6.07 Å². The van der Waals surface area contributed by atoms with Crippen molar-refractivity contribution in [2.45, 2.75) is 0 Å². The van der Waals surface area contributed by atoms with E-state index in [1.807, 2.05) is 6.07 Å². The van der Waals surface area contributed by atoms with Gasteiger partial charge in [-0.15, -0.1) is 17.5 Å². The molecule has 0 saturated carbocycles. The fourth-order valence-electron chi connectivity index (χ4n) is 1.32. The van der Waals surface area contributed by atoms with E-state index in [0.717, 1.165) is 5.39 Å². The summed E-state index contributed by atoms with van der Waals surface area (Å²) in [6, 6.07) is 11.2. The summed E-state index contributed by atoms with van der Waals surface area (Å²) in [4.78, 5) is 10.7. The molecule has 0 atom stereocenters. The van der Waals surface area contributed by atoms with Gasteiger partial charge in [0.15, 0.2) is 0 Å². The molecule has 2 aromatic carbocycles. The minimum Gasteiger partial charge on any atom is -0.543 e. The second-order valence-electron chi connectivity index (χ2n) is 2.92. The number of carbonyl (C=O) groups is 1. The van der Waals surface area contributed by atoms with Gasteiger partial charge in [0.2, 0.25) is 0 Å². The van der Waals surface area contributed by atoms with Gasteiger partial charge in [-0.1, -0.05) is 29.7 Å². The number of rotatable bonds is 1. The van der Waals surface area contributed by atoms with Crippen LogP contribution in [0.2, 0.25) is 0 Å². The number of carboxylic acids is 1. The van der Waals surface area contributed by atoms with Crippen LogP contribution in [0.5, 0.6) is 5.75 Å². The van der Waals surface area contributed by atoms with Crippen LogP contribution >= 0.6 is 0 Å². The molecule has 17 heavy (non-hydrogen) atoms. The number of carboxylic acid groups (broad SMARTS) is 1. The van der Waals surface area contributed by atoms with Crippen LogP contribution in [0.1, 0.15) is 10.4 Å². The number of hydrogen-bond acceptors (Lipinski definition) is 2. The van der Waals surface area contributed by atoms with E-state index in [2.05, 4.69) is 6.07 Å². The van der Waals surface area contributed by atoms with Gasteiger partial charge in [0, 0.05) is 22.6 Å². The van der Waals surface area contributed by atoms with Crippen LogP contribution in [0.25, 0.3) is 10.8 Å². The molecule has 3 nitrogen and oxygen atoms in total. The third-order valence-corrected chi connectivity index (χ3v) is 1.98. The average Bonchev–Trinajstić information content (AvgIpc) is 2.16. The number of benzene rings is 2. The Balaban J connectivity index is 0. The van der Waals surface area contributed by atoms with E-state index in [4.69, 9.17) is 5.11 Å². The number of fused-ring (bicyclic) bond motifs is 1. The van der Waals surface area contributed by atoms with Crippen molar-refractivity contribution in [1.82, 2.24) is 0 Å². The van der Waals surface area contributed by atoms with Gasteiger partial charge in [0.1, 0.15) is 0 Å². The SMILES string of the molecule is O=C(O)c1[c-]c2ccccc2cc1O.[CH3-].[CH3-].[Cu]. The molecule has 0 unspecified atom stereocenters. The average molecular weight is 281 g/mol. The largest absolute Gasteiger partial charge is 0.543 e. The molecule has 0 aliphatic heterocycles. The Morgan fingerprint density at radius 2 is 1.76 bits per heavy atom. The van der Waals surface area contributed by atoms with Crippen molar-refractivity contribution in [2.24, 2.45) is 0 Å². The quantitative estimate of drug-likeness (QED) is 0.624. The Morgan fingerprint density at radius 1 is 1.18 bits per heavy atom. The maximum absolute atomic E-state index is 10.7. The minimum atomic E-state index is -1.17. The second-order valence-corrected chi connectivity index (χ2v) is 2.92. The third-order valence-electron chi connectivity index (χ3n) is 1.98. The molecule has 0 saturated heterocycles. The van der Waals surface area contributed by atoms with Crippen molar-refractivity contribution >= 4 is 16.7 Å². The molecule has 0 fully saturated rings. The summed E-state index contributed by atoms with van der Waals surface area (Å²) in [5, 5.41) is 19.6. The Labute approximate surface area is 112 Å². The Kier molecular flexibility index (Phi) is 7.30. The molecule has 1 radical (unpaired) electrons. The molecule has 0 aromatic heterocycles. The van der Waals surface area contributed by atoms with Crippen LogP contribution in [0.4, 0.5) is 0 Å². The predicted octanol–water partition coefficient (Wildman–Crippen LogP) is 2.94. The summed E-state index contributed by atoms with van der Waals surface area (Å²) < 4.78 is 0. The predicted molar refractivity (Wildman–Crippen MR) is 64.2 cm³/mol. The van der Waals surface area contributed by atoms with Gasteiger partial charge in [-0.2, -0.15) is 0 Å². The van der Waals surface area contributed by atoms with Crippen LogP contribution in [0.3, 0.4) is 0 Å². The normalized spacial score (nSPS) is 8.47. The van der Waals surface area contributed by atoms with Crippen LogP contribution in [-0.4, -0.2) is 16.2 Å². The standard InChI is InChI=1S/C11H7O3.2CH3.Cu/c12-10-6-8-4-2-1-3-7(8)5-9(10)11(13)14;;;/h1-4,6,12H,(H,13,14);2*1H3;/q3*-1;. The summed E-state index contributed by atoms with van der Waals surface area (Å²) in [5.41, 5.74) is -0.191. The molecule has 97 valence electrons. The van der Waals surface area contributed by atoms with E-state index < -0.39 is 5.97 Å². The third kappa shape index (κ3) is 3.48. The first-order valence-corrected chi connectivity index (χ1v) is 4.06. The summed E-state index contributed by atoms with van der Waals surface area (Å²) in [5.74, 6) is -1.43. The molecule has 2 rings (SSSR count). The van der Waals surface area contributed by atoms with Crippen molar-refractivity contribution in [1.29, 1.82) is 0 Å². The molecular formula is C13H13CuO3-3. The van der Waals surface area contributed by atoms with Crippen molar-refractivity contribution in [3.05, 3.63) is 56.8 Å². The first-order chi connectivity index (χ1) is 6.68. The Morgan fingerprint density at radius 3 is 2.35 bits per heavy atom. The Hall–Kier alpha value is -1.51. The molecule has 0 heterocycles. The van der Waals surface area contributed by atoms with Gasteiger partial charge >= 0.3 is 0 Å². The number of hydrogen-bond donors (Lipinski definition) is 2. The van der Waals surface area contributed by atoms with Gasteiger partial charge in [0.05, 0.1) is 5.75 Å². The van der Waals surface area contributed by atoms with Crippen LogP contribution < -0.4 is 0 Å². The smallest absolute Gasteiger partial charge is 0.269 e. The molecule has 0 aliphatic rings. The number of aromatic carboxylic acids is 1. The topological polar surface area (TPSA) is 57.5 Å². The molecule has 0 amide bonds. The van der Waals surface area contributed by atoms with Gasteiger partial charge in [0.25, 0.3) is 5.97 Å². The summed E-state index contributed by atoms with van der Waals surface area (Å²) in [6.45, 7) is 0. The first kappa shape index (κ1) is 17.9. The molecular weight excluding hydrogens is 268 g/mol. The Bertz CT molecular complexity index is 509. The van der Waals surface area contributed by atoms with Crippen molar-refractivity contribution < 1.29 is 32.1 Å². The zero-order valence-electron chi connectivity index (χ0n) is 9.49. The first-order valence-electron chi connectivity index (χ1n) is 4.06. The van der Waals surface area contributed by atoms with Crippen LogP contribution in [-0.2, 0) is 17.1 Å². The molecule has 2 aromatic rings. The minimum absolute atomic E-state index is 0. The molecule has 2 N–H and O–H groups in total. The number of aromatic hydroxyl groups is 1. The number of phenols is 1. The van der Waals surface area contributed by atoms with Gasteiger partial charge in [-0.3, -0.25) is 4.79 Å². The molecule has 0 aliphatic carbocycles. The van der Waals surface area contributed by atoms with Crippen LogP contribution in [0.15, 0.2) is 30.3 Å². The zero-order valence-corrected chi connectivity index (χ0v) is 10.4. The van der Waals surface area contributed by atoms with Crippen LogP contribution in [0, 0.1) is 20.9 Å². The fourth-order valence-corrected chi connectivity index (χ4v) is 1.32. The monoisotopic (exact) mass is 280 g/mol. The molecule has 0 spiro atoms. The van der Waals surface area contributed by atoms with E-state index in [-0.39, 0.29) is 43.2 Å². The van der Waals surface area contributed by atoms with Crippen molar-refractivity contribution in [2.75, 3.05) is 0 Å². The van der Waals surface area contributed by atoms with E-state index >= 15 is 0 Å². The maximum atomic E-state index is 10.7. The second kappa shape index (κ2) is 6.94. The zero-order chi connectivity index (χ0) is 10.1. The maximum Gasteiger partial charge on any atom is 0.269 e. The van der Waals surface area contributed by atoms with E-state index in [1.54, 1.807) is 18.2 Å². The molecule has 0 bridgehead atoms. The van der Waals surface area contributed by atoms with E-state index in [0.29, 0.717) is 5.39 Å². The van der Waals surface area contributed by atoms with E-state index in [9.17, 15) is 9.90 Å². The van der Waals surface area contributed by atoms with Crippen molar-refractivity contribution in [3.8, 4) is 5.75 Å². The molecule has 4 heteroatoms. The fraction of sp³-hybridized carbons (Fsp3) is 0. The van der Waals surface area contributed by atoms with Crippen molar-refractivity contribution in [3.63, 3.8) is 0 Å². The summed E-state index contributed by atoms with van der Waals surface area (Å²) in [7, 11) is 0. The summed E-state index contributed by atoms with van der Waals surface area (Å²) >= 11 is 0. The van der Waals surface area contributed by atoms with Gasteiger partial charge in [-0.25, -0.2) is 0 Å².